The van der Waals surface area contributed by atoms with E-state index in [2.05, 4.69) is 6.92 Å². The summed E-state index contributed by atoms with van der Waals surface area (Å²) in [7, 11) is 1.61. The SMILES string of the molecule is CCC[C@H]1C[C@]2(CCc3ccc(OC)c(N)c3)OCOC2=CC1=O. The van der Waals surface area contributed by atoms with E-state index in [-0.39, 0.29) is 18.5 Å². The maximum Gasteiger partial charge on any atom is 0.189 e. The van der Waals surface area contributed by atoms with Gasteiger partial charge >= 0.3 is 0 Å². The van der Waals surface area contributed by atoms with Gasteiger partial charge in [-0.05, 0) is 43.4 Å². The number of ketones is 1. The number of benzene rings is 1. The number of nitrogens with two attached hydrogens (primary N) is 1. The van der Waals surface area contributed by atoms with Crippen LogP contribution >= 0.6 is 0 Å². The lowest BCUT2D eigenvalue weighted by Crippen LogP contribution is -2.39. The fourth-order valence-electron chi connectivity index (χ4n) is 3.66. The van der Waals surface area contributed by atoms with E-state index in [0.717, 1.165) is 31.2 Å². The van der Waals surface area contributed by atoms with Gasteiger partial charge in [0, 0.05) is 12.0 Å². The Labute approximate surface area is 142 Å². The topological polar surface area (TPSA) is 70.8 Å². The molecule has 0 aromatic heterocycles. The lowest BCUT2D eigenvalue weighted by molar-refractivity contribution is -0.122. The number of hydrogen-bond acceptors (Lipinski definition) is 5. The number of rotatable bonds is 6. The summed E-state index contributed by atoms with van der Waals surface area (Å²) in [6, 6.07) is 5.84. The number of anilines is 1. The summed E-state index contributed by atoms with van der Waals surface area (Å²) < 4.78 is 16.7. The first-order chi connectivity index (χ1) is 11.6. The Bertz CT molecular complexity index is 655. The van der Waals surface area contributed by atoms with Crippen molar-refractivity contribution in [2.24, 2.45) is 5.92 Å². The first-order valence-electron chi connectivity index (χ1n) is 8.53. The van der Waals surface area contributed by atoms with Crippen LogP contribution in [0.5, 0.6) is 5.75 Å². The van der Waals surface area contributed by atoms with Crippen molar-refractivity contribution >= 4 is 11.5 Å². The van der Waals surface area contributed by atoms with Gasteiger partial charge in [-0.15, -0.1) is 0 Å². The van der Waals surface area contributed by atoms with Crippen molar-refractivity contribution in [3.63, 3.8) is 0 Å². The molecule has 5 nitrogen and oxygen atoms in total. The summed E-state index contributed by atoms with van der Waals surface area (Å²) >= 11 is 0. The molecule has 1 saturated heterocycles. The van der Waals surface area contributed by atoms with E-state index in [0.29, 0.717) is 23.6 Å². The number of hydrogen-bond donors (Lipinski definition) is 1. The number of carbonyl (C=O) groups is 1. The number of methoxy groups -OCH3 is 1. The third-order valence-electron chi connectivity index (χ3n) is 5.00. The highest BCUT2D eigenvalue weighted by atomic mass is 16.7. The van der Waals surface area contributed by atoms with Gasteiger partial charge in [-0.1, -0.05) is 19.4 Å². The second kappa shape index (κ2) is 6.85. The first-order valence-corrected chi connectivity index (χ1v) is 8.53. The molecule has 1 aliphatic heterocycles. The largest absolute Gasteiger partial charge is 0.495 e. The quantitative estimate of drug-likeness (QED) is 0.810. The molecule has 1 heterocycles. The van der Waals surface area contributed by atoms with Crippen LogP contribution in [0.25, 0.3) is 0 Å². The first kappa shape index (κ1) is 16.8. The molecule has 3 rings (SSSR count). The Hall–Kier alpha value is -2.01. The Morgan fingerprint density at radius 1 is 1.42 bits per heavy atom. The van der Waals surface area contributed by atoms with Crippen molar-refractivity contribution in [1.82, 2.24) is 0 Å². The molecule has 0 amide bonds. The summed E-state index contributed by atoms with van der Waals surface area (Å²) in [5.74, 6) is 1.58. The van der Waals surface area contributed by atoms with Crippen molar-refractivity contribution in [2.75, 3.05) is 19.6 Å². The highest BCUT2D eigenvalue weighted by molar-refractivity contribution is 5.93. The van der Waals surface area contributed by atoms with Crippen LogP contribution in [-0.4, -0.2) is 25.3 Å². The molecule has 1 aliphatic carbocycles. The number of fused-ring (bicyclic) bond motifs is 1. The van der Waals surface area contributed by atoms with Crippen LogP contribution in [0.3, 0.4) is 0 Å². The Morgan fingerprint density at radius 2 is 2.25 bits per heavy atom. The van der Waals surface area contributed by atoms with E-state index in [1.807, 2.05) is 18.2 Å². The molecule has 2 aliphatic rings. The molecule has 0 spiro atoms. The minimum absolute atomic E-state index is 0.0291. The molecule has 1 fully saturated rings. The monoisotopic (exact) mass is 331 g/mol. The predicted octanol–water partition coefficient (Wildman–Crippen LogP) is 3.23. The fourth-order valence-corrected chi connectivity index (χ4v) is 3.66. The molecule has 0 saturated carbocycles. The highest BCUT2D eigenvalue weighted by Gasteiger charge is 2.47. The second-order valence-electron chi connectivity index (χ2n) is 6.58. The molecule has 24 heavy (non-hydrogen) atoms. The lowest BCUT2D eigenvalue weighted by Gasteiger charge is -2.34. The maximum absolute atomic E-state index is 12.2. The average Bonchev–Trinajstić information content (AvgIpc) is 2.96. The van der Waals surface area contributed by atoms with Crippen LogP contribution in [-0.2, 0) is 20.7 Å². The normalized spacial score (nSPS) is 25.8. The Balaban J connectivity index is 1.76. The van der Waals surface area contributed by atoms with E-state index in [1.54, 1.807) is 13.2 Å². The summed E-state index contributed by atoms with van der Waals surface area (Å²) in [5, 5.41) is 0. The molecule has 1 aromatic rings. The standard InChI is InChI=1S/C19H25NO4/c1-3-4-14-11-19(18(10-16(14)21)23-12-24-19)8-7-13-5-6-17(22-2)15(20)9-13/h5-6,9-10,14H,3-4,7-8,11-12,20H2,1-2H3/t14-,19-/m0/s1. The molecule has 130 valence electrons. The van der Waals surface area contributed by atoms with Gasteiger partial charge in [0.05, 0.1) is 12.8 Å². The van der Waals surface area contributed by atoms with Gasteiger partial charge in [0.15, 0.2) is 12.6 Å². The third-order valence-corrected chi connectivity index (χ3v) is 5.00. The molecule has 0 radical (unpaired) electrons. The molecule has 2 atom stereocenters. The van der Waals surface area contributed by atoms with Gasteiger partial charge < -0.3 is 19.9 Å². The van der Waals surface area contributed by atoms with Gasteiger partial charge in [0.2, 0.25) is 0 Å². The molecule has 5 heteroatoms. The van der Waals surface area contributed by atoms with Crippen molar-refractivity contribution in [1.29, 1.82) is 0 Å². The predicted molar refractivity (Wildman–Crippen MR) is 91.6 cm³/mol. The fraction of sp³-hybridized carbons (Fsp3) is 0.526. The van der Waals surface area contributed by atoms with Gasteiger partial charge in [0.25, 0.3) is 0 Å². The highest BCUT2D eigenvalue weighted by Crippen LogP contribution is 2.43. The number of ether oxygens (including phenoxy) is 3. The van der Waals surface area contributed by atoms with Crippen molar-refractivity contribution < 1.29 is 19.0 Å². The number of carbonyl (C=O) groups excluding carboxylic acids is 1. The molecular weight excluding hydrogens is 306 g/mol. The third kappa shape index (κ3) is 3.13. The molecular formula is C19H25NO4. The molecule has 2 N–H and O–H groups in total. The maximum atomic E-state index is 12.2. The van der Waals surface area contributed by atoms with Crippen LogP contribution < -0.4 is 10.5 Å². The summed E-state index contributed by atoms with van der Waals surface area (Å²) in [5.41, 5.74) is 7.28. The zero-order valence-electron chi connectivity index (χ0n) is 14.3. The number of allylic oxidation sites excluding steroid dienone is 1. The van der Waals surface area contributed by atoms with Gasteiger partial charge in [-0.2, -0.15) is 0 Å². The number of aryl methyl sites for hydroxylation is 1. The van der Waals surface area contributed by atoms with E-state index >= 15 is 0 Å². The van der Waals surface area contributed by atoms with E-state index in [1.165, 1.54) is 0 Å². The molecule has 0 unspecified atom stereocenters. The van der Waals surface area contributed by atoms with E-state index in [9.17, 15) is 4.79 Å². The minimum Gasteiger partial charge on any atom is -0.495 e. The minimum atomic E-state index is -0.470. The van der Waals surface area contributed by atoms with Gasteiger partial charge in [-0.3, -0.25) is 4.79 Å². The van der Waals surface area contributed by atoms with Crippen molar-refractivity contribution in [2.45, 2.75) is 44.6 Å². The lowest BCUT2D eigenvalue weighted by atomic mass is 9.76. The average molecular weight is 331 g/mol. The summed E-state index contributed by atoms with van der Waals surface area (Å²) in [6.45, 7) is 2.33. The Morgan fingerprint density at radius 3 is 2.96 bits per heavy atom. The molecule has 1 aromatic carbocycles. The van der Waals surface area contributed by atoms with Gasteiger partial charge in [-0.25, -0.2) is 0 Å². The zero-order valence-corrected chi connectivity index (χ0v) is 14.3. The summed E-state index contributed by atoms with van der Waals surface area (Å²) in [6.07, 6.45) is 5.82. The van der Waals surface area contributed by atoms with Crippen LogP contribution in [0.2, 0.25) is 0 Å². The second-order valence-corrected chi connectivity index (χ2v) is 6.58. The zero-order chi connectivity index (χ0) is 17.2. The summed E-state index contributed by atoms with van der Waals surface area (Å²) in [4.78, 5) is 12.2. The van der Waals surface area contributed by atoms with Crippen LogP contribution in [0.15, 0.2) is 30.0 Å². The van der Waals surface area contributed by atoms with Crippen molar-refractivity contribution in [3.05, 3.63) is 35.6 Å². The van der Waals surface area contributed by atoms with E-state index < -0.39 is 5.60 Å². The van der Waals surface area contributed by atoms with Gasteiger partial charge in [0.1, 0.15) is 17.1 Å². The van der Waals surface area contributed by atoms with Crippen LogP contribution in [0.4, 0.5) is 5.69 Å². The van der Waals surface area contributed by atoms with Crippen molar-refractivity contribution in [3.8, 4) is 5.75 Å². The number of nitrogen functional groups attached to an aromatic ring is 1. The van der Waals surface area contributed by atoms with Crippen LogP contribution in [0, 0.1) is 5.92 Å². The molecule has 0 bridgehead atoms. The van der Waals surface area contributed by atoms with Crippen LogP contribution in [0.1, 0.15) is 38.2 Å². The smallest absolute Gasteiger partial charge is 0.189 e. The van der Waals surface area contributed by atoms with E-state index in [4.69, 9.17) is 19.9 Å². The Kier molecular flexibility index (Phi) is 4.81.